The largest absolute Gasteiger partial charge is 0.395 e. The summed E-state index contributed by atoms with van der Waals surface area (Å²) in [5, 5.41) is 18.5. The minimum atomic E-state index is -0.0611. The zero-order valence-corrected chi connectivity index (χ0v) is 12.3. The smallest absolute Gasteiger partial charge is 0.131 e. The van der Waals surface area contributed by atoms with Gasteiger partial charge >= 0.3 is 0 Å². The first-order valence-electron chi connectivity index (χ1n) is 7.20. The van der Waals surface area contributed by atoms with E-state index in [1.165, 1.54) is 0 Å². The molecule has 1 aromatic rings. The third kappa shape index (κ3) is 3.45. The summed E-state index contributed by atoms with van der Waals surface area (Å²) in [6.45, 7) is 8.53. The molecule has 1 aromatic heterocycles. The van der Waals surface area contributed by atoms with Crippen LogP contribution in [0.1, 0.15) is 31.3 Å². The summed E-state index contributed by atoms with van der Waals surface area (Å²) in [5.74, 6) is 1.03. The Morgan fingerprint density at radius 3 is 2.45 bits per heavy atom. The van der Waals surface area contributed by atoms with Crippen LogP contribution in [0.5, 0.6) is 0 Å². The van der Waals surface area contributed by atoms with Gasteiger partial charge in [-0.25, -0.2) is 9.97 Å². The van der Waals surface area contributed by atoms with Crippen LogP contribution in [-0.4, -0.2) is 64.4 Å². The minimum absolute atomic E-state index is 0.0611. The summed E-state index contributed by atoms with van der Waals surface area (Å²) >= 11 is 0. The number of β-amino-alcohol motifs (C(OH)–C–C–N with tert-alkyl or cyclic N) is 1. The van der Waals surface area contributed by atoms with Gasteiger partial charge in [-0.15, -0.1) is 0 Å². The Balaban J connectivity index is 2.09. The summed E-state index contributed by atoms with van der Waals surface area (Å²) in [6.07, 6.45) is 1.83. The molecular weight excluding hydrogens is 256 g/mol. The van der Waals surface area contributed by atoms with E-state index in [4.69, 9.17) is 5.11 Å². The maximum Gasteiger partial charge on any atom is 0.131 e. The molecule has 0 radical (unpaired) electrons. The van der Waals surface area contributed by atoms with Gasteiger partial charge in [-0.1, -0.05) is 13.8 Å². The maximum absolute atomic E-state index is 9.53. The highest BCUT2D eigenvalue weighted by molar-refractivity contribution is 5.49. The molecule has 0 saturated carbocycles. The Kier molecular flexibility index (Phi) is 5.28. The third-order valence-electron chi connectivity index (χ3n) is 3.66. The van der Waals surface area contributed by atoms with E-state index in [2.05, 4.69) is 19.8 Å². The lowest BCUT2D eigenvalue weighted by Crippen LogP contribution is -2.47. The van der Waals surface area contributed by atoms with Crippen LogP contribution < -0.4 is 4.90 Å². The van der Waals surface area contributed by atoms with Crippen molar-refractivity contribution in [3.05, 3.63) is 17.7 Å². The van der Waals surface area contributed by atoms with E-state index in [1.807, 2.05) is 20.0 Å². The molecule has 0 unspecified atom stereocenters. The Hall–Kier alpha value is -1.24. The van der Waals surface area contributed by atoms with Crippen LogP contribution in [0.15, 0.2) is 6.20 Å². The molecule has 0 atom stereocenters. The fraction of sp³-hybridized carbons (Fsp3) is 0.714. The van der Waals surface area contributed by atoms with Crippen LogP contribution in [0.4, 0.5) is 5.69 Å². The standard InChI is InChI=1S/C14H24N4O2/c1-11(2)14-15-9-13(12(10-20)16-14)18-5-3-17(4-6-18)7-8-19/h9,11,19-20H,3-8,10H2,1-2H3. The molecule has 2 heterocycles. The average Bonchev–Trinajstić information content (AvgIpc) is 2.47. The molecule has 1 aliphatic heterocycles. The number of hydrogen-bond donors (Lipinski definition) is 2. The second-order valence-electron chi connectivity index (χ2n) is 5.43. The van der Waals surface area contributed by atoms with Crippen molar-refractivity contribution in [2.45, 2.75) is 26.4 Å². The molecule has 1 fully saturated rings. The summed E-state index contributed by atoms with van der Waals surface area (Å²) in [6, 6.07) is 0. The Morgan fingerprint density at radius 2 is 1.90 bits per heavy atom. The summed E-state index contributed by atoms with van der Waals surface area (Å²) < 4.78 is 0. The molecule has 1 aliphatic rings. The fourth-order valence-electron chi connectivity index (χ4n) is 2.44. The van der Waals surface area contributed by atoms with Gasteiger partial charge in [0.15, 0.2) is 0 Å². The van der Waals surface area contributed by atoms with E-state index in [1.54, 1.807) is 0 Å². The van der Waals surface area contributed by atoms with Crippen molar-refractivity contribution < 1.29 is 10.2 Å². The van der Waals surface area contributed by atoms with Gasteiger partial charge < -0.3 is 15.1 Å². The van der Waals surface area contributed by atoms with Crippen molar-refractivity contribution in [1.82, 2.24) is 14.9 Å². The predicted molar refractivity (Wildman–Crippen MR) is 77.8 cm³/mol. The molecule has 1 saturated heterocycles. The van der Waals surface area contributed by atoms with Gasteiger partial charge in [-0.3, -0.25) is 4.90 Å². The number of nitrogens with zero attached hydrogens (tertiary/aromatic N) is 4. The van der Waals surface area contributed by atoms with Crippen LogP contribution >= 0.6 is 0 Å². The summed E-state index contributed by atoms with van der Waals surface area (Å²) in [7, 11) is 0. The SMILES string of the molecule is CC(C)c1ncc(N2CCN(CCO)CC2)c(CO)n1. The second kappa shape index (κ2) is 6.97. The first-order valence-corrected chi connectivity index (χ1v) is 7.20. The highest BCUT2D eigenvalue weighted by Crippen LogP contribution is 2.21. The quantitative estimate of drug-likeness (QED) is 0.803. The third-order valence-corrected chi connectivity index (χ3v) is 3.66. The number of rotatable bonds is 5. The molecule has 6 nitrogen and oxygen atoms in total. The number of aromatic nitrogens is 2. The number of piperazine rings is 1. The Bertz CT molecular complexity index is 431. The molecule has 2 rings (SSSR count). The van der Waals surface area contributed by atoms with E-state index in [0.717, 1.165) is 44.2 Å². The van der Waals surface area contributed by atoms with Gasteiger partial charge in [-0.2, -0.15) is 0 Å². The van der Waals surface area contributed by atoms with Gasteiger partial charge in [0.2, 0.25) is 0 Å². The first-order chi connectivity index (χ1) is 9.65. The van der Waals surface area contributed by atoms with Gasteiger partial charge in [-0.05, 0) is 0 Å². The molecule has 0 bridgehead atoms. The fourth-order valence-corrected chi connectivity index (χ4v) is 2.44. The molecule has 0 amide bonds. The summed E-state index contributed by atoms with van der Waals surface area (Å²) in [4.78, 5) is 13.3. The van der Waals surface area contributed by atoms with E-state index in [9.17, 15) is 5.11 Å². The average molecular weight is 280 g/mol. The van der Waals surface area contributed by atoms with Crippen LogP contribution in [0.25, 0.3) is 0 Å². The molecule has 20 heavy (non-hydrogen) atoms. The van der Waals surface area contributed by atoms with Crippen molar-refractivity contribution >= 4 is 5.69 Å². The van der Waals surface area contributed by atoms with Crippen molar-refractivity contribution in [3.63, 3.8) is 0 Å². The van der Waals surface area contributed by atoms with E-state index in [-0.39, 0.29) is 19.1 Å². The van der Waals surface area contributed by atoms with Gasteiger partial charge in [0.1, 0.15) is 5.82 Å². The topological polar surface area (TPSA) is 72.7 Å². The maximum atomic E-state index is 9.53. The van der Waals surface area contributed by atoms with Gasteiger partial charge in [0.25, 0.3) is 0 Å². The van der Waals surface area contributed by atoms with Gasteiger partial charge in [0.05, 0.1) is 30.8 Å². The molecule has 0 spiro atoms. The Labute approximate surface area is 120 Å². The lowest BCUT2D eigenvalue weighted by Gasteiger charge is -2.36. The second-order valence-corrected chi connectivity index (χ2v) is 5.43. The van der Waals surface area contributed by atoms with Crippen LogP contribution in [0.3, 0.4) is 0 Å². The highest BCUT2D eigenvalue weighted by atomic mass is 16.3. The number of hydrogen-bond acceptors (Lipinski definition) is 6. The highest BCUT2D eigenvalue weighted by Gasteiger charge is 2.20. The van der Waals surface area contributed by atoms with E-state index in [0.29, 0.717) is 5.69 Å². The van der Waals surface area contributed by atoms with Crippen LogP contribution in [0.2, 0.25) is 0 Å². The van der Waals surface area contributed by atoms with Crippen molar-refractivity contribution in [1.29, 1.82) is 0 Å². The lowest BCUT2D eigenvalue weighted by molar-refractivity contribution is 0.188. The molecule has 112 valence electrons. The van der Waals surface area contributed by atoms with Crippen molar-refractivity contribution in [2.75, 3.05) is 44.2 Å². The molecule has 2 N–H and O–H groups in total. The normalized spacial score (nSPS) is 16.9. The van der Waals surface area contributed by atoms with E-state index < -0.39 is 0 Å². The van der Waals surface area contributed by atoms with Crippen molar-refractivity contribution in [3.8, 4) is 0 Å². The zero-order chi connectivity index (χ0) is 14.5. The van der Waals surface area contributed by atoms with Crippen LogP contribution in [-0.2, 0) is 6.61 Å². The number of anilines is 1. The Morgan fingerprint density at radius 1 is 1.20 bits per heavy atom. The zero-order valence-electron chi connectivity index (χ0n) is 12.3. The predicted octanol–water partition coefficient (Wildman–Crippen LogP) is 0.207. The van der Waals surface area contributed by atoms with Crippen LogP contribution in [0, 0.1) is 0 Å². The summed E-state index contributed by atoms with van der Waals surface area (Å²) in [5.41, 5.74) is 1.64. The first kappa shape index (κ1) is 15.2. The lowest BCUT2D eigenvalue weighted by atomic mass is 10.2. The molecule has 6 heteroatoms. The monoisotopic (exact) mass is 280 g/mol. The minimum Gasteiger partial charge on any atom is -0.395 e. The van der Waals surface area contributed by atoms with Crippen molar-refractivity contribution in [2.24, 2.45) is 0 Å². The van der Waals surface area contributed by atoms with Gasteiger partial charge in [0, 0.05) is 38.6 Å². The molecule has 0 aromatic carbocycles. The molecular formula is C14H24N4O2. The van der Waals surface area contributed by atoms with E-state index >= 15 is 0 Å². The number of aliphatic hydroxyl groups excluding tert-OH is 2. The number of aliphatic hydroxyl groups is 2. The molecule has 0 aliphatic carbocycles.